The van der Waals surface area contributed by atoms with Crippen molar-refractivity contribution in [3.05, 3.63) is 24.9 Å². The van der Waals surface area contributed by atoms with Gasteiger partial charge in [0, 0.05) is 51.7 Å². The van der Waals surface area contributed by atoms with Crippen LogP contribution in [0.4, 0.5) is 5.69 Å². The summed E-state index contributed by atoms with van der Waals surface area (Å²) in [6, 6.07) is 0.189. The zero-order valence-electron chi connectivity index (χ0n) is 13.6. The van der Waals surface area contributed by atoms with Crippen LogP contribution in [0.1, 0.15) is 19.9 Å². The summed E-state index contributed by atoms with van der Waals surface area (Å²) in [6.45, 7) is 6.18. The Morgan fingerprint density at radius 1 is 1.13 bits per heavy atom. The standard InChI is InChI=1S/C14H22N6O2S/c1-12(2)19-10-14(15-11-19)23(21,22)20-6-4-18(5-7-20)13-8-16-17(3)9-13/h8-12H,4-7H2,1-3H3. The molecule has 9 heteroatoms. The minimum Gasteiger partial charge on any atom is -0.366 e. The van der Waals surface area contributed by atoms with Crippen LogP contribution in [-0.4, -0.2) is 58.2 Å². The van der Waals surface area contributed by atoms with Crippen molar-refractivity contribution < 1.29 is 8.42 Å². The zero-order chi connectivity index (χ0) is 16.6. The molecule has 0 aromatic carbocycles. The zero-order valence-corrected chi connectivity index (χ0v) is 14.4. The molecule has 1 saturated heterocycles. The largest absolute Gasteiger partial charge is 0.366 e. The summed E-state index contributed by atoms with van der Waals surface area (Å²) in [6.07, 6.45) is 6.92. The van der Waals surface area contributed by atoms with Gasteiger partial charge in [0.05, 0.1) is 18.2 Å². The second-order valence-electron chi connectivity index (χ2n) is 6.02. The number of piperazine rings is 1. The molecule has 0 spiro atoms. The molecule has 8 nitrogen and oxygen atoms in total. The van der Waals surface area contributed by atoms with E-state index in [1.54, 1.807) is 28.0 Å². The third kappa shape index (κ3) is 3.11. The Balaban J connectivity index is 1.70. The fourth-order valence-corrected chi connectivity index (χ4v) is 3.97. The minimum atomic E-state index is -3.52. The number of nitrogens with zero attached hydrogens (tertiary/aromatic N) is 6. The first-order chi connectivity index (χ1) is 10.9. The monoisotopic (exact) mass is 338 g/mol. The Kier molecular flexibility index (Phi) is 4.15. The molecule has 0 amide bonds. The van der Waals surface area contributed by atoms with Crippen molar-refractivity contribution in [1.82, 2.24) is 23.6 Å². The van der Waals surface area contributed by atoms with Gasteiger partial charge in [0.15, 0.2) is 5.03 Å². The third-order valence-electron chi connectivity index (χ3n) is 4.07. The molecule has 0 N–H and O–H groups in total. The molecule has 0 aliphatic carbocycles. The van der Waals surface area contributed by atoms with Gasteiger partial charge in [0.25, 0.3) is 10.0 Å². The predicted molar refractivity (Wildman–Crippen MR) is 86.8 cm³/mol. The fourth-order valence-electron chi connectivity index (χ4n) is 2.62. The molecule has 0 unspecified atom stereocenters. The van der Waals surface area contributed by atoms with Crippen molar-refractivity contribution in [2.75, 3.05) is 31.1 Å². The van der Waals surface area contributed by atoms with Crippen LogP contribution in [0.15, 0.2) is 29.9 Å². The molecule has 1 aliphatic rings. The topological polar surface area (TPSA) is 76.3 Å². The molecule has 3 heterocycles. The van der Waals surface area contributed by atoms with Crippen molar-refractivity contribution in [2.24, 2.45) is 7.05 Å². The average Bonchev–Trinajstić information content (AvgIpc) is 3.16. The Morgan fingerprint density at radius 2 is 1.83 bits per heavy atom. The highest BCUT2D eigenvalue weighted by Crippen LogP contribution is 2.20. The van der Waals surface area contributed by atoms with Crippen LogP contribution in [0, 0.1) is 0 Å². The van der Waals surface area contributed by atoms with Crippen LogP contribution in [0.5, 0.6) is 0 Å². The second kappa shape index (κ2) is 5.97. The van der Waals surface area contributed by atoms with Gasteiger partial charge in [-0.2, -0.15) is 9.40 Å². The van der Waals surface area contributed by atoms with E-state index in [1.807, 2.05) is 27.1 Å². The van der Waals surface area contributed by atoms with Gasteiger partial charge in [-0.15, -0.1) is 0 Å². The molecule has 0 radical (unpaired) electrons. The van der Waals surface area contributed by atoms with Crippen molar-refractivity contribution in [3.63, 3.8) is 0 Å². The SMILES string of the molecule is CC(C)n1cnc(S(=O)(=O)N2CCN(c3cnn(C)c3)CC2)c1. The van der Waals surface area contributed by atoms with E-state index in [1.165, 1.54) is 4.31 Å². The summed E-state index contributed by atoms with van der Waals surface area (Å²) >= 11 is 0. The maximum atomic E-state index is 12.7. The molecule has 1 aliphatic heterocycles. The number of aromatic nitrogens is 4. The molecule has 2 aromatic heterocycles. The highest BCUT2D eigenvalue weighted by Gasteiger charge is 2.30. The first kappa shape index (κ1) is 16.0. The van der Waals surface area contributed by atoms with Crippen LogP contribution < -0.4 is 4.90 Å². The van der Waals surface area contributed by atoms with Gasteiger partial charge in [0.1, 0.15) is 0 Å². The molecule has 3 rings (SSSR count). The van der Waals surface area contributed by atoms with Crippen LogP contribution in [-0.2, 0) is 17.1 Å². The van der Waals surface area contributed by atoms with E-state index in [9.17, 15) is 8.42 Å². The van der Waals surface area contributed by atoms with Gasteiger partial charge < -0.3 is 9.47 Å². The van der Waals surface area contributed by atoms with E-state index >= 15 is 0 Å². The lowest BCUT2D eigenvalue weighted by Gasteiger charge is -2.34. The summed E-state index contributed by atoms with van der Waals surface area (Å²) in [5.41, 5.74) is 1.02. The van der Waals surface area contributed by atoms with Crippen molar-refractivity contribution in [3.8, 4) is 0 Å². The van der Waals surface area contributed by atoms with Gasteiger partial charge >= 0.3 is 0 Å². The van der Waals surface area contributed by atoms with Gasteiger partial charge in [-0.05, 0) is 13.8 Å². The van der Waals surface area contributed by atoms with Crippen LogP contribution in [0.2, 0.25) is 0 Å². The maximum Gasteiger partial charge on any atom is 0.262 e. The summed E-state index contributed by atoms with van der Waals surface area (Å²) in [4.78, 5) is 6.22. The van der Waals surface area contributed by atoms with E-state index in [0.29, 0.717) is 26.2 Å². The summed E-state index contributed by atoms with van der Waals surface area (Å²) in [5.74, 6) is 0. The highest BCUT2D eigenvalue weighted by molar-refractivity contribution is 7.89. The van der Waals surface area contributed by atoms with Crippen LogP contribution in [0.25, 0.3) is 0 Å². The number of sulfonamides is 1. The Hall–Kier alpha value is -1.87. The maximum absolute atomic E-state index is 12.7. The lowest BCUT2D eigenvalue weighted by atomic mass is 10.3. The molecule has 1 fully saturated rings. The lowest BCUT2D eigenvalue weighted by Crippen LogP contribution is -2.48. The molecule has 2 aromatic rings. The number of hydrogen-bond acceptors (Lipinski definition) is 5. The molecular formula is C14H22N6O2S. The molecule has 0 saturated carbocycles. The third-order valence-corrected chi connectivity index (χ3v) is 5.86. The van der Waals surface area contributed by atoms with E-state index in [2.05, 4.69) is 15.0 Å². The van der Waals surface area contributed by atoms with Gasteiger partial charge in [-0.25, -0.2) is 13.4 Å². The lowest BCUT2D eigenvalue weighted by molar-refractivity contribution is 0.383. The fraction of sp³-hybridized carbons (Fsp3) is 0.571. The van der Waals surface area contributed by atoms with E-state index in [-0.39, 0.29) is 11.1 Å². The van der Waals surface area contributed by atoms with Gasteiger partial charge in [0.2, 0.25) is 0 Å². The van der Waals surface area contributed by atoms with E-state index < -0.39 is 10.0 Å². The van der Waals surface area contributed by atoms with Crippen molar-refractivity contribution in [2.45, 2.75) is 24.9 Å². The van der Waals surface area contributed by atoms with Gasteiger partial charge in [-0.3, -0.25) is 4.68 Å². The predicted octanol–water partition coefficient (Wildman–Crippen LogP) is 0.708. The Morgan fingerprint density at radius 3 is 2.35 bits per heavy atom. The number of imidazole rings is 1. The van der Waals surface area contributed by atoms with E-state index in [0.717, 1.165) is 5.69 Å². The Bertz CT molecular complexity index is 771. The number of anilines is 1. The molecule has 126 valence electrons. The number of rotatable bonds is 4. The average molecular weight is 338 g/mol. The van der Waals surface area contributed by atoms with Gasteiger partial charge in [-0.1, -0.05) is 0 Å². The summed E-state index contributed by atoms with van der Waals surface area (Å²) < 4.78 is 30.4. The summed E-state index contributed by atoms with van der Waals surface area (Å²) in [7, 11) is -1.65. The molecule has 0 atom stereocenters. The minimum absolute atomic E-state index is 0.126. The molecule has 0 bridgehead atoms. The number of hydrogen-bond donors (Lipinski definition) is 0. The first-order valence-corrected chi connectivity index (χ1v) is 9.09. The first-order valence-electron chi connectivity index (χ1n) is 7.65. The van der Waals surface area contributed by atoms with E-state index in [4.69, 9.17) is 0 Å². The second-order valence-corrected chi connectivity index (χ2v) is 7.90. The van der Waals surface area contributed by atoms with Crippen molar-refractivity contribution in [1.29, 1.82) is 0 Å². The molecular weight excluding hydrogens is 316 g/mol. The normalized spacial score (nSPS) is 17.1. The summed E-state index contributed by atoms with van der Waals surface area (Å²) in [5, 5.41) is 4.28. The van der Waals surface area contributed by atoms with Crippen LogP contribution >= 0.6 is 0 Å². The Labute approximate surface area is 136 Å². The van der Waals surface area contributed by atoms with Crippen LogP contribution in [0.3, 0.4) is 0 Å². The number of aryl methyl sites for hydroxylation is 1. The highest BCUT2D eigenvalue weighted by atomic mass is 32.2. The molecule has 23 heavy (non-hydrogen) atoms. The quantitative estimate of drug-likeness (QED) is 0.820. The smallest absolute Gasteiger partial charge is 0.262 e. The van der Waals surface area contributed by atoms with Crippen molar-refractivity contribution >= 4 is 15.7 Å².